The number of ether oxygens (including phenoxy) is 2. The molecule has 2 aliphatic rings. The van der Waals surface area contributed by atoms with E-state index in [0.717, 1.165) is 25.7 Å². The highest BCUT2D eigenvalue weighted by molar-refractivity contribution is 5.91. The Morgan fingerprint density at radius 2 is 1.17 bits per heavy atom. The molecule has 0 unspecified atom stereocenters. The van der Waals surface area contributed by atoms with Crippen LogP contribution < -0.4 is 9.47 Å². The average molecular weight is 407 g/mol. The first kappa shape index (κ1) is 20.6. The zero-order chi connectivity index (χ0) is 20.8. The van der Waals surface area contributed by atoms with E-state index in [1.165, 1.54) is 44.1 Å². The van der Waals surface area contributed by atoms with E-state index in [0.29, 0.717) is 23.0 Å². The molecular formula is C26H30O4. The highest BCUT2D eigenvalue weighted by Gasteiger charge is 2.23. The normalized spacial score (nSPS) is 18.0. The molecule has 2 aromatic rings. The largest absolute Gasteiger partial charge is 0.426 e. The third-order valence-corrected chi connectivity index (χ3v) is 6.41. The molecule has 30 heavy (non-hydrogen) atoms. The summed E-state index contributed by atoms with van der Waals surface area (Å²) in [6.45, 7) is 0. The standard InChI is InChI=1S/C26H30O4/c27-25(21-9-5-2-6-10-21)29-24-17-13-22(14-18-24)26(28)30-23-15-11-20(12-16-23)19-7-3-1-4-8-19/h11-19,21H,1-10H2. The molecule has 0 amide bonds. The van der Waals surface area contributed by atoms with Crippen molar-refractivity contribution < 1.29 is 19.1 Å². The first-order chi connectivity index (χ1) is 14.7. The smallest absolute Gasteiger partial charge is 0.343 e. The zero-order valence-corrected chi connectivity index (χ0v) is 17.5. The molecule has 2 aliphatic carbocycles. The fraction of sp³-hybridized carbons (Fsp3) is 0.462. The van der Waals surface area contributed by atoms with E-state index >= 15 is 0 Å². The molecule has 0 radical (unpaired) electrons. The minimum Gasteiger partial charge on any atom is -0.426 e. The highest BCUT2D eigenvalue weighted by Crippen LogP contribution is 2.33. The lowest BCUT2D eigenvalue weighted by atomic mass is 9.84. The molecule has 158 valence electrons. The van der Waals surface area contributed by atoms with Crippen LogP contribution in [0.15, 0.2) is 48.5 Å². The Morgan fingerprint density at radius 1 is 0.633 bits per heavy atom. The number of carbonyl (C=O) groups is 2. The van der Waals surface area contributed by atoms with Gasteiger partial charge in [-0.15, -0.1) is 0 Å². The minimum absolute atomic E-state index is 0.0000245. The van der Waals surface area contributed by atoms with Gasteiger partial charge in [0.25, 0.3) is 0 Å². The van der Waals surface area contributed by atoms with Crippen molar-refractivity contribution >= 4 is 11.9 Å². The molecule has 2 saturated carbocycles. The molecule has 0 aliphatic heterocycles. The van der Waals surface area contributed by atoms with Crippen LogP contribution in [0.5, 0.6) is 11.5 Å². The Kier molecular flexibility index (Phi) is 6.83. The van der Waals surface area contributed by atoms with Crippen molar-refractivity contribution in [2.75, 3.05) is 0 Å². The molecule has 0 saturated heterocycles. The van der Waals surface area contributed by atoms with Crippen molar-refractivity contribution in [3.63, 3.8) is 0 Å². The van der Waals surface area contributed by atoms with E-state index in [9.17, 15) is 9.59 Å². The second kappa shape index (κ2) is 9.92. The Balaban J connectivity index is 1.31. The molecule has 0 aromatic heterocycles. The molecular weight excluding hydrogens is 376 g/mol. The maximum absolute atomic E-state index is 12.5. The van der Waals surface area contributed by atoms with Crippen LogP contribution in [0.1, 0.15) is 86.0 Å². The van der Waals surface area contributed by atoms with Gasteiger partial charge in [-0.1, -0.05) is 50.7 Å². The molecule has 4 nitrogen and oxygen atoms in total. The van der Waals surface area contributed by atoms with Crippen LogP contribution in [-0.4, -0.2) is 11.9 Å². The predicted molar refractivity (Wildman–Crippen MR) is 116 cm³/mol. The summed E-state index contributed by atoms with van der Waals surface area (Å²) in [6, 6.07) is 14.5. The van der Waals surface area contributed by atoms with Crippen LogP contribution in [0.2, 0.25) is 0 Å². The number of hydrogen-bond donors (Lipinski definition) is 0. The molecule has 0 atom stereocenters. The van der Waals surface area contributed by atoms with Gasteiger partial charge in [-0.25, -0.2) is 4.79 Å². The fourth-order valence-corrected chi connectivity index (χ4v) is 4.61. The summed E-state index contributed by atoms with van der Waals surface area (Å²) in [5.41, 5.74) is 1.77. The van der Waals surface area contributed by atoms with Gasteiger partial charge >= 0.3 is 11.9 Å². The van der Waals surface area contributed by atoms with Gasteiger partial charge in [0.2, 0.25) is 0 Å². The van der Waals surface area contributed by atoms with Crippen LogP contribution in [0, 0.1) is 5.92 Å². The lowest BCUT2D eigenvalue weighted by Gasteiger charge is -2.22. The van der Waals surface area contributed by atoms with E-state index in [1.807, 2.05) is 12.1 Å². The van der Waals surface area contributed by atoms with Gasteiger partial charge in [-0.3, -0.25) is 4.79 Å². The third-order valence-electron chi connectivity index (χ3n) is 6.41. The van der Waals surface area contributed by atoms with Crippen LogP contribution in [0.4, 0.5) is 0 Å². The Labute approximate surface area is 178 Å². The predicted octanol–water partition coefficient (Wildman–Crippen LogP) is 6.44. The number of carbonyl (C=O) groups excluding carboxylic acids is 2. The van der Waals surface area contributed by atoms with Crippen molar-refractivity contribution in [1.82, 2.24) is 0 Å². The molecule has 4 heteroatoms. The topological polar surface area (TPSA) is 52.6 Å². The minimum atomic E-state index is -0.412. The molecule has 0 spiro atoms. The van der Waals surface area contributed by atoms with Crippen LogP contribution in [0.25, 0.3) is 0 Å². The number of benzene rings is 2. The first-order valence-electron chi connectivity index (χ1n) is 11.3. The molecule has 0 heterocycles. The van der Waals surface area contributed by atoms with Crippen molar-refractivity contribution in [2.45, 2.75) is 70.1 Å². The van der Waals surface area contributed by atoms with Crippen molar-refractivity contribution in [3.8, 4) is 11.5 Å². The summed E-state index contributed by atoms with van der Waals surface area (Å²) < 4.78 is 11.0. The van der Waals surface area contributed by atoms with E-state index in [-0.39, 0.29) is 11.9 Å². The molecule has 0 bridgehead atoms. The average Bonchev–Trinajstić information content (AvgIpc) is 2.81. The monoisotopic (exact) mass is 406 g/mol. The summed E-state index contributed by atoms with van der Waals surface area (Å²) in [6.07, 6.45) is 11.6. The molecule has 2 aromatic carbocycles. The number of esters is 2. The van der Waals surface area contributed by atoms with Crippen molar-refractivity contribution in [3.05, 3.63) is 59.7 Å². The van der Waals surface area contributed by atoms with Gasteiger partial charge in [-0.05, 0) is 73.6 Å². The van der Waals surface area contributed by atoms with E-state index in [2.05, 4.69) is 12.1 Å². The zero-order valence-electron chi connectivity index (χ0n) is 17.5. The van der Waals surface area contributed by atoms with Gasteiger partial charge < -0.3 is 9.47 Å². The lowest BCUT2D eigenvalue weighted by molar-refractivity contribution is -0.139. The quantitative estimate of drug-likeness (QED) is 0.423. The summed E-state index contributed by atoms with van der Waals surface area (Å²) in [4.78, 5) is 24.7. The highest BCUT2D eigenvalue weighted by atomic mass is 16.5. The van der Waals surface area contributed by atoms with Crippen molar-refractivity contribution in [1.29, 1.82) is 0 Å². The van der Waals surface area contributed by atoms with E-state index in [4.69, 9.17) is 9.47 Å². The maximum Gasteiger partial charge on any atom is 0.343 e. The summed E-state index contributed by atoms with van der Waals surface area (Å²) in [7, 11) is 0. The van der Waals surface area contributed by atoms with E-state index < -0.39 is 5.97 Å². The molecule has 4 rings (SSSR count). The lowest BCUT2D eigenvalue weighted by Crippen LogP contribution is -2.22. The van der Waals surface area contributed by atoms with Gasteiger partial charge in [0.15, 0.2) is 0 Å². The van der Waals surface area contributed by atoms with Gasteiger partial charge in [0, 0.05) is 0 Å². The van der Waals surface area contributed by atoms with Crippen LogP contribution >= 0.6 is 0 Å². The van der Waals surface area contributed by atoms with Gasteiger partial charge in [-0.2, -0.15) is 0 Å². The Morgan fingerprint density at radius 3 is 1.80 bits per heavy atom. The summed E-state index contributed by atoms with van der Waals surface area (Å²) in [5, 5.41) is 0. The number of rotatable bonds is 5. The second-order valence-electron chi connectivity index (χ2n) is 8.57. The Bertz CT molecular complexity index is 842. The second-order valence-corrected chi connectivity index (χ2v) is 8.57. The van der Waals surface area contributed by atoms with Gasteiger partial charge in [0.1, 0.15) is 11.5 Å². The first-order valence-corrected chi connectivity index (χ1v) is 11.3. The maximum atomic E-state index is 12.5. The van der Waals surface area contributed by atoms with Gasteiger partial charge in [0.05, 0.1) is 11.5 Å². The summed E-state index contributed by atoms with van der Waals surface area (Å²) >= 11 is 0. The molecule has 0 N–H and O–H groups in total. The Hall–Kier alpha value is -2.62. The third kappa shape index (κ3) is 5.29. The van der Waals surface area contributed by atoms with Crippen LogP contribution in [0.3, 0.4) is 0 Å². The number of hydrogen-bond acceptors (Lipinski definition) is 4. The summed E-state index contributed by atoms with van der Waals surface area (Å²) in [5.74, 6) is 1.08. The van der Waals surface area contributed by atoms with Crippen molar-refractivity contribution in [2.24, 2.45) is 5.92 Å². The fourth-order valence-electron chi connectivity index (χ4n) is 4.61. The van der Waals surface area contributed by atoms with E-state index in [1.54, 1.807) is 24.3 Å². The SMILES string of the molecule is O=C(Oc1ccc(C2CCCCC2)cc1)c1ccc(OC(=O)C2CCCCC2)cc1. The van der Waals surface area contributed by atoms with Crippen LogP contribution in [-0.2, 0) is 4.79 Å². The molecule has 2 fully saturated rings.